The molecular formula is C26H25N3O3S. The largest absolute Gasteiger partial charge is 0.494 e. The normalized spacial score (nSPS) is 10.8. The summed E-state index contributed by atoms with van der Waals surface area (Å²) in [6.45, 7) is 6.73. The van der Waals surface area contributed by atoms with Gasteiger partial charge in [0.15, 0.2) is 10.7 Å². The minimum Gasteiger partial charge on any atom is -0.494 e. The Morgan fingerprint density at radius 3 is 2.64 bits per heavy atom. The number of aryl methyl sites for hydroxylation is 2. The van der Waals surface area contributed by atoms with Crippen LogP contribution < -0.4 is 15.4 Å². The first-order valence-electron chi connectivity index (χ1n) is 10.8. The zero-order chi connectivity index (χ0) is 23.4. The summed E-state index contributed by atoms with van der Waals surface area (Å²) in [5.41, 5.74) is 5.82. The van der Waals surface area contributed by atoms with E-state index in [1.807, 2.05) is 51.1 Å². The lowest BCUT2D eigenvalue weighted by atomic mass is 10.1. The van der Waals surface area contributed by atoms with Gasteiger partial charge in [-0.25, -0.2) is 4.98 Å². The topological polar surface area (TPSA) is 76.4 Å². The van der Waals surface area contributed by atoms with Crippen molar-refractivity contribution in [3.63, 3.8) is 0 Å². The van der Waals surface area contributed by atoms with E-state index in [0.717, 1.165) is 45.6 Å². The fraction of sp³-hybridized carbons (Fsp3) is 0.192. The number of fused-ring (bicyclic) bond motifs is 1. The molecule has 4 aromatic rings. The lowest BCUT2D eigenvalue weighted by Crippen LogP contribution is -2.34. The molecule has 1 aromatic heterocycles. The molecule has 7 heteroatoms. The lowest BCUT2D eigenvalue weighted by Gasteiger charge is -2.11. The van der Waals surface area contributed by atoms with Crippen molar-refractivity contribution in [3.8, 4) is 17.2 Å². The van der Waals surface area contributed by atoms with Gasteiger partial charge in [-0.1, -0.05) is 19.1 Å². The van der Waals surface area contributed by atoms with Gasteiger partial charge in [-0.2, -0.15) is 0 Å². The summed E-state index contributed by atoms with van der Waals surface area (Å²) in [6, 6.07) is 18.6. The fourth-order valence-corrected chi connectivity index (χ4v) is 3.70. The van der Waals surface area contributed by atoms with Gasteiger partial charge in [0.05, 0.1) is 6.61 Å². The summed E-state index contributed by atoms with van der Waals surface area (Å²) in [4.78, 5) is 17.1. The summed E-state index contributed by atoms with van der Waals surface area (Å²) >= 11 is 5.33. The van der Waals surface area contributed by atoms with E-state index >= 15 is 0 Å². The van der Waals surface area contributed by atoms with Crippen molar-refractivity contribution >= 4 is 40.0 Å². The van der Waals surface area contributed by atoms with Crippen LogP contribution in [0.25, 0.3) is 22.6 Å². The monoisotopic (exact) mass is 459 g/mol. The molecule has 0 spiro atoms. The van der Waals surface area contributed by atoms with E-state index in [0.29, 0.717) is 18.1 Å². The molecule has 0 saturated carbocycles. The van der Waals surface area contributed by atoms with Gasteiger partial charge in [0.25, 0.3) is 5.91 Å². The molecule has 0 aliphatic carbocycles. The van der Waals surface area contributed by atoms with Gasteiger partial charge in [-0.05, 0) is 92.1 Å². The first-order chi connectivity index (χ1) is 15.9. The third-order valence-electron chi connectivity index (χ3n) is 5.00. The number of oxazole rings is 1. The lowest BCUT2D eigenvalue weighted by molar-refractivity contribution is 0.0977. The molecule has 0 aliphatic rings. The number of rotatable bonds is 6. The Morgan fingerprint density at radius 2 is 1.88 bits per heavy atom. The van der Waals surface area contributed by atoms with Gasteiger partial charge >= 0.3 is 0 Å². The average molecular weight is 460 g/mol. The van der Waals surface area contributed by atoms with Crippen LogP contribution in [0.3, 0.4) is 0 Å². The molecule has 0 bridgehead atoms. The third kappa shape index (κ3) is 5.38. The fourth-order valence-electron chi connectivity index (χ4n) is 3.49. The predicted octanol–water partition coefficient (Wildman–Crippen LogP) is 6.03. The van der Waals surface area contributed by atoms with E-state index in [4.69, 9.17) is 21.4 Å². The molecular weight excluding hydrogens is 434 g/mol. The number of nitrogens with one attached hydrogen (secondary N) is 2. The van der Waals surface area contributed by atoms with Crippen molar-refractivity contribution in [1.82, 2.24) is 10.3 Å². The highest BCUT2D eigenvalue weighted by Crippen LogP contribution is 2.28. The van der Waals surface area contributed by atoms with Gasteiger partial charge in [-0.3, -0.25) is 10.1 Å². The van der Waals surface area contributed by atoms with Gasteiger partial charge in [-0.15, -0.1) is 0 Å². The molecule has 2 N–H and O–H groups in total. The second-order valence-corrected chi connectivity index (χ2v) is 8.22. The van der Waals surface area contributed by atoms with Crippen LogP contribution in [-0.4, -0.2) is 22.6 Å². The maximum Gasteiger partial charge on any atom is 0.257 e. The van der Waals surface area contributed by atoms with Crippen molar-refractivity contribution in [1.29, 1.82) is 0 Å². The molecule has 0 fully saturated rings. The zero-order valence-electron chi connectivity index (χ0n) is 18.8. The number of carbonyl (C=O) groups is 1. The van der Waals surface area contributed by atoms with Gasteiger partial charge in [0.2, 0.25) is 5.89 Å². The van der Waals surface area contributed by atoms with Crippen molar-refractivity contribution < 1.29 is 13.9 Å². The molecule has 3 aromatic carbocycles. The van der Waals surface area contributed by atoms with Gasteiger partial charge in [0, 0.05) is 16.8 Å². The Morgan fingerprint density at radius 1 is 1.09 bits per heavy atom. The predicted molar refractivity (Wildman–Crippen MR) is 135 cm³/mol. The minimum absolute atomic E-state index is 0.201. The van der Waals surface area contributed by atoms with Crippen LogP contribution in [0.5, 0.6) is 5.75 Å². The number of hydrogen-bond donors (Lipinski definition) is 2. The SMILES string of the molecule is CCCOc1ccc(C(=O)NC(=S)Nc2cccc(-c3nc4cc(C)cc(C)c4o3)c2)cc1. The number of nitrogens with zero attached hydrogens (tertiary/aromatic N) is 1. The van der Waals surface area contributed by atoms with Crippen molar-refractivity contribution in [2.24, 2.45) is 0 Å². The first-order valence-corrected chi connectivity index (χ1v) is 11.2. The number of aromatic nitrogens is 1. The highest BCUT2D eigenvalue weighted by molar-refractivity contribution is 7.80. The molecule has 0 radical (unpaired) electrons. The standard InChI is InChI=1S/C26H25N3O3S/c1-4-12-31-21-10-8-18(9-11-21)24(30)29-26(33)27-20-7-5-6-19(15-20)25-28-22-14-16(2)13-17(3)23(22)32-25/h5-11,13-15H,4,12H2,1-3H3,(H2,27,29,30,33). The molecule has 0 aliphatic heterocycles. The van der Waals surface area contributed by atoms with Crippen LogP contribution in [0.2, 0.25) is 0 Å². The van der Waals surface area contributed by atoms with E-state index in [9.17, 15) is 4.79 Å². The molecule has 0 saturated heterocycles. The van der Waals surface area contributed by atoms with E-state index in [1.165, 1.54) is 0 Å². The smallest absolute Gasteiger partial charge is 0.257 e. The van der Waals surface area contributed by atoms with Gasteiger partial charge in [0.1, 0.15) is 11.3 Å². The summed E-state index contributed by atoms with van der Waals surface area (Å²) < 4.78 is 11.6. The highest BCUT2D eigenvalue weighted by Gasteiger charge is 2.12. The Kier molecular flexibility index (Phi) is 6.70. The van der Waals surface area contributed by atoms with Crippen molar-refractivity contribution in [2.75, 3.05) is 11.9 Å². The number of benzene rings is 3. The maximum absolute atomic E-state index is 12.5. The Hall–Kier alpha value is -3.71. The molecule has 0 unspecified atom stereocenters. The zero-order valence-corrected chi connectivity index (χ0v) is 19.6. The number of anilines is 1. The molecule has 33 heavy (non-hydrogen) atoms. The van der Waals surface area contributed by atoms with Gasteiger partial charge < -0.3 is 14.5 Å². The van der Waals surface area contributed by atoms with E-state index in [-0.39, 0.29) is 11.0 Å². The summed E-state index contributed by atoms with van der Waals surface area (Å²) in [5, 5.41) is 5.96. The number of hydrogen-bond acceptors (Lipinski definition) is 5. The highest BCUT2D eigenvalue weighted by atomic mass is 32.1. The first kappa shape index (κ1) is 22.5. The Bertz CT molecular complexity index is 1310. The summed E-state index contributed by atoms with van der Waals surface area (Å²) in [5.74, 6) is 0.966. The number of amides is 1. The minimum atomic E-state index is -0.296. The number of ether oxygens (including phenoxy) is 1. The molecule has 168 valence electrons. The quantitative estimate of drug-likeness (QED) is 0.343. The molecule has 4 rings (SSSR count). The van der Waals surface area contributed by atoms with Crippen LogP contribution >= 0.6 is 12.2 Å². The number of thiocarbonyl (C=S) groups is 1. The summed E-state index contributed by atoms with van der Waals surface area (Å²) in [7, 11) is 0. The Labute approximate surface area is 198 Å². The van der Waals surface area contributed by atoms with E-state index < -0.39 is 0 Å². The second-order valence-electron chi connectivity index (χ2n) is 7.81. The maximum atomic E-state index is 12.5. The molecule has 1 heterocycles. The van der Waals surface area contributed by atoms with Crippen LogP contribution in [-0.2, 0) is 0 Å². The molecule has 1 amide bonds. The summed E-state index contributed by atoms with van der Waals surface area (Å²) in [6.07, 6.45) is 0.926. The van der Waals surface area contributed by atoms with Crippen LogP contribution in [0, 0.1) is 13.8 Å². The van der Waals surface area contributed by atoms with Crippen LogP contribution in [0.1, 0.15) is 34.8 Å². The van der Waals surface area contributed by atoms with Crippen molar-refractivity contribution in [3.05, 3.63) is 77.4 Å². The molecule has 0 atom stereocenters. The second kappa shape index (κ2) is 9.83. The third-order valence-corrected chi connectivity index (χ3v) is 5.21. The number of carbonyl (C=O) groups excluding carboxylic acids is 1. The van der Waals surface area contributed by atoms with Crippen molar-refractivity contribution in [2.45, 2.75) is 27.2 Å². The van der Waals surface area contributed by atoms with Crippen LogP contribution in [0.15, 0.2) is 65.1 Å². The molecule has 6 nitrogen and oxygen atoms in total. The van der Waals surface area contributed by atoms with Crippen LogP contribution in [0.4, 0.5) is 5.69 Å². The van der Waals surface area contributed by atoms with E-state index in [1.54, 1.807) is 24.3 Å². The average Bonchev–Trinajstić information content (AvgIpc) is 3.22. The Balaban J connectivity index is 1.43. The van der Waals surface area contributed by atoms with E-state index in [2.05, 4.69) is 21.7 Å².